The predicted molar refractivity (Wildman–Crippen MR) is 104 cm³/mol. The van der Waals surface area contributed by atoms with Crippen LogP contribution in [-0.2, 0) is 0 Å². The number of ether oxygens (including phenoxy) is 1. The van der Waals surface area contributed by atoms with E-state index in [4.69, 9.17) is 16.3 Å². The van der Waals surface area contributed by atoms with Crippen LogP contribution in [0.2, 0.25) is 5.02 Å². The first-order valence-electron chi connectivity index (χ1n) is 7.62. The van der Waals surface area contributed by atoms with Gasteiger partial charge in [0, 0.05) is 11.6 Å². The maximum absolute atomic E-state index is 11.8. The van der Waals surface area contributed by atoms with Gasteiger partial charge in [-0.1, -0.05) is 29.8 Å². The predicted octanol–water partition coefficient (Wildman–Crippen LogP) is 4.87. The summed E-state index contributed by atoms with van der Waals surface area (Å²) < 4.78 is 5.56. The van der Waals surface area contributed by atoms with Gasteiger partial charge in [0.2, 0.25) is 5.75 Å². The van der Waals surface area contributed by atoms with E-state index >= 15 is 0 Å². The number of carbonyl (C=O) groups is 1. The number of amides is 1. The Morgan fingerprint density at radius 3 is 2.70 bits per heavy atom. The molecule has 3 aromatic rings. The smallest absolute Gasteiger partial charge is 0.312 e. The molecule has 0 fully saturated rings. The number of nitrogens with one attached hydrogen (secondary N) is 1. The first-order chi connectivity index (χ1) is 13.0. The molecule has 0 aliphatic heterocycles. The molecule has 0 bridgehead atoms. The molecule has 7 nitrogen and oxygen atoms in total. The first kappa shape index (κ1) is 18.6. The molecular weight excluding hydrogens is 390 g/mol. The van der Waals surface area contributed by atoms with Crippen LogP contribution in [0.25, 0.3) is 0 Å². The lowest BCUT2D eigenvalue weighted by atomic mass is 10.2. The summed E-state index contributed by atoms with van der Waals surface area (Å²) in [5.74, 6) is 0.00851. The summed E-state index contributed by atoms with van der Waals surface area (Å²) in [6, 6.07) is 14.4. The Hall–Kier alpha value is -3.23. The number of benzene rings is 2. The van der Waals surface area contributed by atoms with Crippen molar-refractivity contribution in [1.82, 2.24) is 5.43 Å². The van der Waals surface area contributed by atoms with Gasteiger partial charge in [-0.05, 0) is 35.7 Å². The molecule has 0 atom stereocenters. The Labute approximate surface area is 163 Å². The van der Waals surface area contributed by atoms with Gasteiger partial charge in [-0.25, -0.2) is 5.43 Å². The van der Waals surface area contributed by atoms with Crippen molar-refractivity contribution in [2.45, 2.75) is 0 Å². The maximum Gasteiger partial charge on any atom is 0.312 e. The Bertz CT molecular complexity index is 1010. The molecule has 9 heteroatoms. The van der Waals surface area contributed by atoms with Crippen molar-refractivity contribution in [3.05, 3.63) is 85.6 Å². The number of thiophene rings is 1. The number of rotatable bonds is 6. The van der Waals surface area contributed by atoms with E-state index in [-0.39, 0.29) is 17.3 Å². The van der Waals surface area contributed by atoms with Gasteiger partial charge in [-0.3, -0.25) is 14.9 Å². The zero-order chi connectivity index (χ0) is 19.2. The van der Waals surface area contributed by atoms with E-state index < -0.39 is 4.92 Å². The molecular formula is C18H12ClN3O4S. The molecule has 0 saturated heterocycles. The molecule has 0 unspecified atom stereocenters. The maximum atomic E-state index is 11.8. The molecule has 0 radical (unpaired) electrons. The van der Waals surface area contributed by atoms with E-state index in [0.29, 0.717) is 21.2 Å². The minimum absolute atomic E-state index is 0.0490. The molecule has 1 aromatic heterocycles. The van der Waals surface area contributed by atoms with E-state index in [1.165, 1.54) is 29.7 Å². The van der Waals surface area contributed by atoms with E-state index in [1.54, 1.807) is 47.8 Å². The lowest BCUT2D eigenvalue weighted by Gasteiger charge is -2.08. The van der Waals surface area contributed by atoms with Crippen LogP contribution in [0.15, 0.2) is 65.1 Å². The van der Waals surface area contributed by atoms with E-state index in [0.717, 1.165) is 0 Å². The third-order valence-electron chi connectivity index (χ3n) is 3.36. The van der Waals surface area contributed by atoms with Crippen LogP contribution in [0.5, 0.6) is 11.5 Å². The molecule has 136 valence electrons. The van der Waals surface area contributed by atoms with Gasteiger partial charge >= 0.3 is 5.69 Å². The van der Waals surface area contributed by atoms with Crippen molar-refractivity contribution >= 4 is 40.7 Å². The second-order valence-electron chi connectivity index (χ2n) is 5.19. The summed E-state index contributed by atoms with van der Waals surface area (Å²) in [7, 11) is 0. The minimum atomic E-state index is -0.562. The Balaban J connectivity index is 1.77. The van der Waals surface area contributed by atoms with E-state index in [1.807, 2.05) is 0 Å². The highest BCUT2D eigenvalue weighted by molar-refractivity contribution is 7.12. The minimum Gasteiger partial charge on any atom is -0.449 e. The second-order valence-corrected chi connectivity index (χ2v) is 6.55. The lowest BCUT2D eigenvalue weighted by molar-refractivity contribution is -0.385. The largest absolute Gasteiger partial charge is 0.449 e. The summed E-state index contributed by atoms with van der Waals surface area (Å²) in [5, 5.41) is 17.3. The topological polar surface area (TPSA) is 93.8 Å². The highest BCUT2D eigenvalue weighted by atomic mass is 35.5. The second kappa shape index (κ2) is 8.43. The fourth-order valence-corrected chi connectivity index (χ4v) is 2.91. The third-order valence-corrected chi connectivity index (χ3v) is 4.54. The number of carbonyl (C=O) groups excluding carboxylic acids is 1. The molecule has 1 heterocycles. The molecule has 0 saturated carbocycles. The molecule has 0 aliphatic rings. The van der Waals surface area contributed by atoms with Crippen LogP contribution in [0.1, 0.15) is 15.2 Å². The van der Waals surface area contributed by atoms with Gasteiger partial charge in [0.05, 0.1) is 21.0 Å². The monoisotopic (exact) mass is 401 g/mol. The van der Waals surface area contributed by atoms with Gasteiger partial charge in [-0.15, -0.1) is 11.3 Å². The van der Waals surface area contributed by atoms with Crippen molar-refractivity contribution in [3.8, 4) is 11.5 Å². The standard InChI is InChI=1S/C18H12ClN3O4S/c19-13-4-1-2-5-15(13)26-16-8-7-12(10-14(16)22(24)25)11-20-21-18(23)17-6-3-9-27-17/h1-11H,(H,21,23)/b20-11-. The lowest BCUT2D eigenvalue weighted by Crippen LogP contribution is -2.16. The van der Waals surface area contributed by atoms with Crippen molar-refractivity contribution in [3.63, 3.8) is 0 Å². The number of nitro groups is 1. The van der Waals surface area contributed by atoms with E-state index in [9.17, 15) is 14.9 Å². The summed E-state index contributed by atoms with van der Waals surface area (Å²) in [4.78, 5) is 23.1. The molecule has 3 rings (SSSR count). The number of halogens is 1. The van der Waals surface area contributed by atoms with Gasteiger partial charge in [-0.2, -0.15) is 5.10 Å². The third kappa shape index (κ3) is 4.69. The number of nitro benzene ring substituents is 1. The quantitative estimate of drug-likeness (QED) is 0.362. The number of para-hydroxylation sites is 1. The summed E-state index contributed by atoms with van der Waals surface area (Å²) in [5.41, 5.74) is 2.55. The van der Waals surface area contributed by atoms with Gasteiger partial charge in [0.25, 0.3) is 5.91 Å². The van der Waals surface area contributed by atoms with Crippen LogP contribution in [0.4, 0.5) is 5.69 Å². The normalized spacial score (nSPS) is 10.7. The van der Waals surface area contributed by atoms with Crippen LogP contribution in [-0.4, -0.2) is 17.0 Å². The van der Waals surface area contributed by atoms with Crippen LogP contribution in [0.3, 0.4) is 0 Å². The SMILES string of the molecule is O=C(N/N=C\c1ccc(Oc2ccccc2Cl)c([N+](=O)[O-])c1)c1cccs1. The molecule has 27 heavy (non-hydrogen) atoms. The molecule has 1 N–H and O–H groups in total. The highest BCUT2D eigenvalue weighted by Crippen LogP contribution is 2.35. The Morgan fingerprint density at radius 1 is 1.19 bits per heavy atom. The van der Waals surface area contributed by atoms with Crippen LogP contribution < -0.4 is 10.2 Å². The fourth-order valence-electron chi connectivity index (χ4n) is 2.12. The summed E-state index contributed by atoms with van der Waals surface area (Å²) >= 11 is 7.31. The fraction of sp³-hybridized carbons (Fsp3) is 0. The van der Waals surface area contributed by atoms with Crippen molar-refractivity contribution in [2.75, 3.05) is 0 Å². The number of hydrazone groups is 1. The number of hydrogen-bond donors (Lipinski definition) is 1. The van der Waals surface area contributed by atoms with Gasteiger partial charge in [0.15, 0.2) is 0 Å². The van der Waals surface area contributed by atoms with Crippen LogP contribution in [0, 0.1) is 10.1 Å². The summed E-state index contributed by atoms with van der Waals surface area (Å²) in [6.45, 7) is 0. The molecule has 2 aromatic carbocycles. The molecule has 0 aliphatic carbocycles. The van der Waals surface area contributed by atoms with E-state index in [2.05, 4.69) is 10.5 Å². The molecule has 0 spiro atoms. The molecule has 1 amide bonds. The van der Waals surface area contributed by atoms with Gasteiger partial charge in [0.1, 0.15) is 5.75 Å². The Morgan fingerprint density at radius 2 is 2.00 bits per heavy atom. The van der Waals surface area contributed by atoms with Crippen LogP contribution >= 0.6 is 22.9 Å². The van der Waals surface area contributed by atoms with Crippen molar-refractivity contribution < 1.29 is 14.5 Å². The average Bonchev–Trinajstić information content (AvgIpc) is 3.19. The Kier molecular flexibility index (Phi) is 5.80. The van der Waals surface area contributed by atoms with Crippen molar-refractivity contribution in [1.29, 1.82) is 0 Å². The zero-order valence-electron chi connectivity index (χ0n) is 13.7. The highest BCUT2D eigenvalue weighted by Gasteiger charge is 2.17. The zero-order valence-corrected chi connectivity index (χ0v) is 15.2. The number of hydrogen-bond acceptors (Lipinski definition) is 6. The van der Waals surface area contributed by atoms with Crippen molar-refractivity contribution in [2.24, 2.45) is 5.10 Å². The van der Waals surface area contributed by atoms with Gasteiger partial charge < -0.3 is 4.74 Å². The summed E-state index contributed by atoms with van der Waals surface area (Å²) in [6.07, 6.45) is 1.32. The average molecular weight is 402 g/mol. The first-order valence-corrected chi connectivity index (χ1v) is 8.88. The number of nitrogens with zero attached hydrogens (tertiary/aromatic N) is 2.